The van der Waals surface area contributed by atoms with Gasteiger partial charge in [-0.25, -0.2) is 9.97 Å². The number of anilines is 4. The highest BCUT2D eigenvalue weighted by Crippen LogP contribution is 2.55. The largest absolute Gasteiger partial charge is 0.355 e. The minimum Gasteiger partial charge on any atom is -0.355 e. The number of allylic oxidation sites excluding steroid dienone is 1. The van der Waals surface area contributed by atoms with Crippen LogP contribution in [0.25, 0.3) is 84.9 Å². The van der Waals surface area contributed by atoms with E-state index in [4.69, 9.17) is 9.97 Å². The molecule has 1 aliphatic carbocycles. The molecule has 4 amide bonds. The molecule has 0 atom stereocenters. The maximum Gasteiger partial charge on any atom is 0.250 e. The second kappa shape index (κ2) is 39.8. The van der Waals surface area contributed by atoms with Gasteiger partial charge in [0.25, 0.3) is 23.6 Å². The van der Waals surface area contributed by atoms with Crippen molar-refractivity contribution in [1.29, 1.82) is 0 Å². The Hall–Kier alpha value is -7.92. The lowest BCUT2D eigenvalue weighted by Crippen LogP contribution is -2.18. The van der Waals surface area contributed by atoms with Gasteiger partial charge in [0.2, 0.25) is 0 Å². The molecule has 4 aromatic carbocycles. The molecular weight excluding hydrogens is 1580 g/mol. The number of hydrogen-bond donors (Lipinski definition) is 5. The van der Waals surface area contributed by atoms with Gasteiger partial charge in [-0.3, -0.25) is 19.2 Å². The molecule has 16 nitrogen and oxygen atoms in total. The van der Waals surface area contributed by atoms with Gasteiger partial charge in [0.05, 0.1) is 62.2 Å². The zero-order chi connectivity index (χ0) is 73.1. The van der Waals surface area contributed by atoms with Gasteiger partial charge in [-0.15, -0.1) is 67.9 Å². The number of aromatic amines is 1. The lowest BCUT2D eigenvalue weighted by atomic mass is 9.80. The van der Waals surface area contributed by atoms with E-state index in [1.165, 1.54) is 0 Å². The third-order valence-corrected chi connectivity index (χ3v) is 19.2. The summed E-state index contributed by atoms with van der Waals surface area (Å²) >= 11 is 0. The van der Waals surface area contributed by atoms with Crippen molar-refractivity contribution in [2.24, 2.45) is 5.92 Å². The molecule has 2 aliphatic heterocycles. The third-order valence-electron chi connectivity index (χ3n) is 19.2. The fraction of sp³-hybridized carbons (Fsp3) is 0.349. The van der Waals surface area contributed by atoms with Crippen LogP contribution in [0.15, 0.2) is 152 Å². The lowest BCUT2D eigenvalue weighted by Gasteiger charge is -2.26. The first kappa shape index (κ1) is 87.0. The Kier molecular flexibility index (Phi) is 32.7. The van der Waals surface area contributed by atoms with Crippen LogP contribution in [0.4, 0.5) is 22.7 Å². The number of para-hydroxylation sites is 4. The Labute approximate surface area is 670 Å². The van der Waals surface area contributed by atoms with Crippen molar-refractivity contribution in [2.45, 2.75) is 111 Å². The number of nitrogens with zero attached hydrogens (tertiary/aromatic N) is 7. The SMILES string of the molecule is Br.Br.Br.Br.C=C(C)C(=O)Nc1c(CCCN(C)C)cccc1-c1c(-c2cccc(CCCN(C)C)c2NC(=O)C(=C)C)c2c(-c3cccc(CCCN(C)C)c3NC(=O)C(=C)C)c3nc(cc4ccc(cc5nc(cc1n2-c1cccc(CCCN(C)C)c1NC(=O)C(=C)C)C=C5)[nH]4)C=C3C1CCCCC1. The summed E-state index contributed by atoms with van der Waals surface area (Å²) in [5.41, 5.74) is 18.4. The average Bonchev–Trinajstić information content (AvgIpc) is 1.54. The average molecular weight is 1690 g/mol. The van der Waals surface area contributed by atoms with Gasteiger partial charge < -0.3 is 50.4 Å². The number of aryl methyl sites for hydroxylation is 4. The van der Waals surface area contributed by atoms with E-state index >= 15 is 14.4 Å². The molecule has 106 heavy (non-hydrogen) atoms. The third kappa shape index (κ3) is 21.3. The first-order valence-electron chi connectivity index (χ1n) is 36.0. The molecule has 20 heteroatoms. The van der Waals surface area contributed by atoms with Crippen LogP contribution < -0.4 is 21.3 Å². The lowest BCUT2D eigenvalue weighted by molar-refractivity contribution is -0.113. The van der Waals surface area contributed by atoms with E-state index in [-0.39, 0.29) is 97.5 Å². The second-order valence-corrected chi connectivity index (χ2v) is 29.0. The van der Waals surface area contributed by atoms with E-state index in [1.54, 1.807) is 27.7 Å². The number of rotatable bonds is 29. The summed E-state index contributed by atoms with van der Waals surface area (Å²) in [6.45, 7) is 26.9. The molecule has 8 bridgehead atoms. The molecule has 5 heterocycles. The molecule has 3 aromatic heterocycles. The Bertz CT molecular complexity index is 4670. The number of amides is 4. The van der Waals surface area contributed by atoms with Crippen LogP contribution in [0.2, 0.25) is 0 Å². The number of aromatic nitrogens is 4. The molecule has 1 fully saturated rings. The molecule has 3 aliphatic rings. The molecule has 564 valence electrons. The molecule has 7 aromatic rings. The van der Waals surface area contributed by atoms with Gasteiger partial charge >= 0.3 is 0 Å². The van der Waals surface area contributed by atoms with E-state index in [2.05, 4.69) is 236 Å². The smallest absolute Gasteiger partial charge is 0.250 e. The van der Waals surface area contributed by atoms with Gasteiger partial charge in [-0.2, -0.15) is 0 Å². The number of nitrogens with one attached hydrogen (secondary N) is 5. The van der Waals surface area contributed by atoms with Crippen LogP contribution in [0.3, 0.4) is 0 Å². The van der Waals surface area contributed by atoms with Crippen LogP contribution in [-0.4, -0.2) is 145 Å². The van der Waals surface area contributed by atoms with Gasteiger partial charge in [0.15, 0.2) is 0 Å². The van der Waals surface area contributed by atoms with Crippen LogP contribution in [-0.2, 0) is 44.9 Å². The Morgan fingerprint density at radius 2 is 0.821 bits per heavy atom. The standard InChI is InChI=1S/C86H104N12O4.4BrH/c1-54(2)83(99)90-77-59(34-24-46-94(9)10)30-20-38-68(77)74-73-53-66-45-44-64(88-66)50-63-42-43-65(87-63)51-67-52-71(58-28-18-17-19-29-58)81(89-67)76(70-40-22-32-61(36-26-48-96(13)14)79(70)92-85(101)56(5)6)82(75(74)69-39-21-31-60(35-25-47-95(11)12)78(69)91-84(100)55(3)4)98(73)72-41-23-33-62(37-27-49-97(15)16)80(72)93-86(102)57(7)8;;;;/h20-23,30-33,38-45,50-53,58,87H,1,3,5,7,17-19,24-29,34-37,46-49H2,2,4,6,8-16H3,(H,90,99)(H,91,100)(H,92,101)(H,93,102);4*1H. The molecule has 0 spiro atoms. The van der Waals surface area contributed by atoms with E-state index in [9.17, 15) is 4.79 Å². The molecule has 0 unspecified atom stereocenters. The van der Waals surface area contributed by atoms with E-state index in [1.807, 2.05) is 18.2 Å². The summed E-state index contributed by atoms with van der Waals surface area (Å²) < 4.78 is 2.28. The second-order valence-electron chi connectivity index (χ2n) is 29.0. The summed E-state index contributed by atoms with van der Waals surface area (Å²) in [7, 11) is 16.5. The molecule has 0 radical (unpaired) electrons. The maximum absolute atomic E-state index is 15.1. The fourth-order valence-corrected chi connectivity index (χ4v) is 14.0. The van der Waals surface area contributed by atoms with E-state index in [0.29, 0.717) is 138 Å². The molecule has 5 N–H and O–H groups in total. The Morgan fingerprint density at radius 3 is 1.24 bits per heavy atom. The molecular formula is C86H108Br4N12O4. The van der Waals surface area contributed by atoms with Crippen molar-refractivity contribution in [3.63, 3.8) is 0 Å². The first-order chi connectivity index (χ1) is 48.8. The van der Waals surface area contributed by atoms with Crippen molar-refractivity contribution in [3.8, 4) is 39.1 Å². The van der Waals surface area contributed by atoms with Gasteiger partial charge in [-0.1, -0.05) is 112 Å². The number of carbonyl (C=O) groups is 4. The summed E-state index contributed by atoms with van der Waals surface area (Å²) in [5.74, 6) is -1.38. The van der Waals surface area contributed by atoms with Crippen molar-refractivity contribution in [3.05, 3.63) is 197 Å². The van der Waals surface area contributed by atoms with E-state index in [0.717, 1.165) is 129 Å². The Balaban J connectivity index is 0.00000440. The quantitative estimate of drug-likeness (QED) is 0.0284. The van der Waals surface area contributed by atoms with Gasteiger partial charge in [0.1, 0.15) is 0 Å². The van der Waals surface area contributed by atoms with Crippen LogP contribution in [0, 0.1) is 5.92 Å². The monoisotopic (exact) mass is 1690 g/mol. The molecule has 10 rings (SSSR count). The molecule has 1 saturated carbocycles. The van der Waals surface area contributed by atoms with Crippen molar-refractivity contribution >= 4 is 160 Å². The van der Waals surface area contributed by atoms with Crippen LogP contribution in [0.1, 0.15) is 131 Å². The molecule has 0 saturated heterocycles. The first-order valence-corrected chi connectivity index (χ1v) is 36.0. The zero-order valence-corrected chi connectivity index (χ0v) is 70.7. The van der Waals surface area contributed by atoms with Crippen molar-refractivity contribution in [2.75, 3.05) is 104 Å². The summed E-state index contributed by atoms with van der Waals surface area (Å²) in [6.07, 6.45) is 16.6. The zero-order valence-electron chi connectivity index (χ0n) is 63.9. The normalized spacial score (nSPS) is 12.5. The highest BCUT2D eigenvalue weighted by molar-refractivity contribution is 8.93. The maximum atomic E-state index is 15.1. The van der Waals surface area contributed by atoms with Gasteiger partial charge in [-0.05, 0) is 263 Å². The van der Waals surface area contributed by atoms with Crippen LogP contribution >= 0.6 is 67.9 Å². The highest BCUT2D eigenvalue weighted by Gasteiger charge is 2.35. The van der Waals surface area contributed by atoms with Gasteiger partial charge in [0, 0.05) is 66.7 Å². The minimum absolute atomic E-state index is 0. The number of hydrogen-bond acceptors (Lipinski definition) is 10. The number of fused-ring (bicyclic) bond motifs is 8. The number of H-pyrrole nitrogens is 1. The predicted molar refractivity (Wildman–Crippen MR) is 468 cm³/mol. The predicted octanol–water partition coefficient (Wildman–Crippen LogP) is 19.4. The Morgan fingerprint density at radius 1 is 0.453 bits per heavy atom. The van der Waals surface area contributed by atoms with E-state index < -0.39 is 0 Å². The highest BCUT2D eigenvalue weighted by atomic mass is 79.9. The van der Waals surface area contributed by atoms with Crippen molar-refractivity contribution < 1.29 is 19.2 Å². The summed E-state index contributed by atoms with van der Waals surface area (Å²) in [5, 5.41) is 14.0. The summed E-state index contributed by atoms with van der Waals surface area (Å²) in [4.78, 5) is 84.0. The van der Waals surface area contributed by atoms with Crippen molar-refractivity contribution in [1.82, 2.24) is 39.1 Å². The number of halogens is 4. The topological polar surface area (TPSA) is 176 Å². The van der Waals surface area contributed by atoms with Crippen LogP contribution in [0.5, 0.6) is 0 Å². The number of carbonyl (C=O) groups excluding carboxylic acids is 4. The number of benzene rings is 4. The summed E-state index contributed by atoms with van der Waals surface area (Å²) in [6, 6.07) is 35.4. The fourth-order valence-electron chi connectivity index (χ4n) is 14.0. The minimum atomic E-state index is -0.363.